The largest absolute Gasteiger partial charge is 0.369 e. The Morgan fingerprint density at radius 3 is 3.10 bits per heavy atom. The van der Waals surface area contributed by atoms with E-state index in [0.29, 0.717) is 6.54 Å². The van der Waals surface area contributed by atoms with Crippen LogP contribution in [0.1, 0.15) is 39.2 Å². The lowest BCUT2D eigenvalue weighted by atomic mass is 9.82. The maximum atomic E-state index is 12.2. The Labute approximate surface area is 189 Å². The van der Waals surface area contributed by atoms with Crippen LogP contribution in [0.25, 0.3) is 0 Å². The van der Waals surface area contributed by atoms with Gasteiger partial charge in [0.1, 0.15) is 5.60 Å². The van der Waals surface area contributed by atoms with Crippen LogP contribution in [-0.4, -0.2) is 37.0 Å². The number of nitrogens with zero attached hydrogens (tertiary/aromatic N) is 2. The molecule has 4 aliphatic heterocycles. The molecule has 1 fully saturated rings. The van der Waals surface area contributed by atoms with Crippen LogP contribution in [0, 0.1) is 0 Å². The van der Waals surface area contributed by atoms with Gasteiger partial charge >= 0.3 is 0 Å². The number of halogens is 1. The molecule has 6 rings (SSSR count). The van der Waals surface area contributed by atoms with Gasteiger partial charge in [-0.05, 0) is 54.8 Å². The Kier molecular flexibility index (Phi) is 4.56. The van der Waals surface area contributed by atoms with Gasteiger partial charge in [0.05, 0.1) is 28.4 Å². The third-order valence-corrected chi connectivity index (χ3v) is 8.20. The summed E-state index contributed by atoms with van der Waals surface area (Å²) in [6.45, 7) is 2.27. The molecule has 2 aromatic rings. The number of carbonyl (C=O) groups is 1. The summed E-state index contributed by atoms with van der Waals surface area (Å²) in [7, 11) is 1.83. The second-order valence-electron chi connectivity index (χ2n) is 8.65. The Morgan fingerprint density at radius 2 is 2.19 bits per heavy atom. The summed E-state index contributed by atoms with van der Waals surface area (Å²) in [5, 5.41) is 5.61. The number of thiophene rings is 1. The molecule has 0 aliphatic carbocycles. The van der Waals surface area contributed by atoms with E-state index in [2.05, 4.69) is 34.6 Å². The smallest absolute Gasteiger partial charge is 0.254 e. The fraction of sp³-hybridized carbons (Fsp3) is 0.409. The fourth-order valence-corrected chi connectivity index (χ4v) is 6.63. The average molecular weight is 458 g/mol. The lowest BCUT2D eigenvalue weighted by Gasteiger charge is -2.43. The predicted octanol–water partition coefficient (Wildman–Crippen LogP) is 2.88. The highest BCUT2D eigenvalue weighted by Gasteiger charge is 2.45. The summed E-state index contributed by atoms with van der Waals surface area (Å²) in [5.74, 6) is 0.0857. The summed E-state index contributed by atoms with van der Waals surface area (Å²) in [6, 6.07) is 8.21. The highest BCUT2D eigenvalue weighted by Crippen LogP contribution is 2.47. The molecule has 0 bridgehead atoms. The van der Waals surface area contributed by atoms with Crippen molar-refractivity contribution in [2.45, 2.75) is 37.5 Å². The molecule has 1 amide bonds. The van der Waals surface area contributed by atoms with Gasteiger partial charge in [0, 0.05) is 36.7 Å². The molecule has 2 atom stereocenters. The number of anilines is 1. The second kappa shape index (κ2) is 7.21. The molecule has 7 nitrogen and oxygen atoms in total. The van der Waals surface area contributed by atoms with Gasteiger partial charge in [-0.15, -0.1) is 16.9 Å². The van der Waals surface area contributed by atoms with Gasteiger partial charge in [-0.3, -0.25) is 9.80 Å². The molecule has 5 heterocycles. The van der Waals surface area contributed by atoms with E-state index in [9.17, 15) is 4.79 Å². The number of benzene rings is 1. The van der Waals surface area contributed by atoms with Crippen molar-refractivity contribution in [2.75, 3.05) is 25.2 Å². The molecule has 1 aromatic heterocycles. The highest BCUT2D eigenvalue weighted by molar-refractivity contribution is 7.16. The van der Waals surface area contributed by atoms with Crippen molar-refractivity contribution >= 4 is 34.5 Å². The molecule has 0 radical (unpaired) electrons. The number of carbonyl (C=O) groups excluding carboxylic acids is 1. The van der Waals surface area contributed by atoms with Crippen LogP contribution in [0.15, 0.2) is 36.2 Å². The van der Waals surface area contributed by atoms with Gasteiger partial charge < -0.3 is 20.4 Å². The lowest BCUT2D eigenvalue weighted by Crippen LogP contribution is -2.51. The van der Waals surface area contributed by atoms with Crippen molar-refractivity contribution in [1.29, 1.82) is 0 Å². The molecule has 162 valence electrons. The first-order valence-electron chi connectivity index (χ1n) is 10.6. The predicted molar refractivity (Wildman–Crippen MR) is 121 cm³/mol. The number of hydrogen-bond acceptors (Lipinski definition) is 7. The molecule has 1 spiro atoms. The molecule has 0 saturated carbocycles. The number of ether oxygens (including phenoxy) is 1. The molecule has 31 heavy (non-hydrogen) atoms. The van der Waals surface area contributed by atoms with Crippen molar-refractivity contribution < 1.29 is 9.53 Å². The van der Waals surface area contributed by atoms with Gasteiger partial charge in [-0.25, -0.2) is 0 Å². The Morgan fingerprint density at radius 1 is 1.29 bits per heavy atom. The number of rotatable bonds is 2. The maximum Gasteiger partial charge on any atom is 0.254 e. The van der Waals surface area contributed by atoms with E-state index < -0.39 is 0 Å². The van der Waals surface area contributed by atoms with E-state index in [1.54, 1.807) is 16.2 Å². The maximum absolute atomic E-state index is 12.2. The first-order chi connectivity index (χ1) is 15.0. The fourth-order valence-electron chi connectivity index (χ4n) is 5.14. The van der Waals surface area contributed by atoms with Gasteiger partial charge in [-0.2, -0.15) is 0 Å². The molecule has 1 aromatic carbocycles. The minimum absolute atomic E-state index is 0.0857. The van der Waals surface area contributed by atoms with Crippen LogP contribution in [0.4, 0.5) is 5.69 Å². The minimum atomic E-state index is -0.268. The zero-order valence-corrected chi connectivity index (χ0v) is 18.8. The van der Waals surface area contributed by atoms with E-state index in [1.165, 1.54) is 10.4 Å². The van der Waals surface area contributed by atoms with Crippen LogP contribution in [-0.2, 0) is 23.3 Å². The third kappa shape index (κ3) is 3.16. The molecule has 4 aliphatic rings. The molecule has 9 heteroatoms. The number of nitrogens with one attached hydrogen (secondary N) is 3. The molecular formula is C22H24ClN5O2S. The van der Waals surface area contributed by atoms with E-state index >= 15 is 0 Å². The number of hydrogen-bond donors (Lipinski definition) is 3. The minimum Gasteiger partial charge on any atom is -0.369 e. The van der Waals surface area contributed by atoms with Gasteiger partial charge in [0.15, 0.2) is 0 Å². The summed E-state index contributed by atoms with van der Waals surface area (Å²) in [6.07, 6.45) is 4.83. The zero-order valence-electron chi connectivity index (χ0n) is 17.2. The number of piperidine rings is 1. The monoisotopic (exact) mass is 457 g/mol. The number of fused-ring (bicyclic) bond motifs is 3. The van der Waals surface area contributed by atoms with Crippen LogP contribution in [0.5, 0.6) is 0 Å². The van der Waals surface area contributed by atoms with E-state index in [4.69, 9.17) is 16.3 Å². The van der Waals surface area contributed by atoms with Gasteiger partial charge in [0.2, 0.25) is 0 Å². The van der Waals surface area contributed by atoms with Crippen molar-refractivity contribution in [1.82, 2.24) is 21.2 Å². The summed E-state index contributed by atoms with van der Waals surface area (Å²) >= 11 is 8.01. The normalized spacial score (nSPS) is 27.4. The van der Waals surface area contributed by atoms with Crippen LogP contribution >= 0.6 is 22.9 Å². The Balaban J connectivity index is 1.25. The average Bonchev–Trinajstić information content (AvgIpc) is 3.47. The third-order valence-electron chi connectivity index (χ3n) is 6.71. The van der Waals surface area contributed by atoms with Crippen LogP contribution < -0.4 is 21.3 Å². The highest BCUT2D eigenvalue weighted by atomic mass is 35.5. The summed E-state index contributed by atoms with van der Waals surface area (Å²) in [5.41, 5.74) is 11.6. The standard InChI is InChI=1S/C22H24ClN5O2S/c1-27-11-14-8-15(2-3-16(14)21(27)29)28-12-18(25-26-28)17-10-22(5-6-24-17)20-13(4-7-30-22)9-19(23)31-20/h2-3,8-9,12,17,24-26H,4-7,10-11H2,1H3/t17-,22-/m0/s1. The molecular weight excluding hydrogens is 434 g/mol. The van der Waals surface area contributed by atoms with E-state index in [-0.39, 0.29) is 17.6 Å². The van der Waals surface area contributed by atoms with Crippen molar-refractivity contribution in [3.63, 3.8) is 0 Å². The van der Waals surface area contributed by atoms with E-state index in [1.807, 2.05) is 24.2 Å². The van der Waals surface area contributed by atoms with Crippen LogP contribution in [0.3, 0.4) is 0 Å². The number of amides is 1. The Bertz CT molecular complexity index is 1100. The second-order valence-corrected chi connectivity index (χ2v) is 10.3. The summed E-state index contributed by atoms with van der Waals surface area (Å²) in [4.78, 5) is 15.2. The van der Waals surface area contributed by atoms with Crippen LogP contribution in [0.2, 0.25) is 4.34 Å². The first kappa shape index (κ1) is 19.6. The SMILES string of the molecule is CN1Cc2cc(N3C=C([C@@H]4C[C@]5(CCN4)OCCc4cc(Cl)sc45)NN3)ccc2C1=O. The molecule has 1 saturated heterocycles. The topological polar surface area (TPSA) is 68.9 Å². The van der Waals surface area contributed by atoms with Gasteiger partial charge in [-0.1, -0.05) is 11.6 Å². The van der Waals surface area contributed by atoms with E-state index in [0.717, 1.165) is 59.3 Å². The zero-order chi connectivity index (χ0) is 21.2. The summed E-state index contributed by atoms with van der Waals surface area (Å²) < 4.78 is 7.25. The van der Waals surface area contributed by atoms with Crippen molar-refractivity contribution in [3.05, 3.63) is 62.1 Å². The Hall–Kier alpha value is -2.10. The molecule has 0 unspecified atom stereocenters. The van der Waals surface area contributed by atoms with Crippen molar-refractivity contribution in [2.24, 2.45) is 0 Å². The van der Waals surface area contributed by atoms with Gasteiger partial charge in [0.25, 0.3) is 5.91 Å². The number of hydrazine groups is 2. The first-order valence-corrected chi connectivity index (χ1v) is 11.8. The quantitative estimate of drug-likeness (QED) is 0.644. The van der Waals surface area contributed by atoms with Crippen molar-refractivity contribution in [3.8, 4) is 0 Å². The molecule has 3 N–H and O–H groups in total. The lowest BCUT2D eigenvalue weighted by molar-refractivity contribution is -0.0839.